The molecule has 0 aliphatic rings. The highest BCUT2D eigenvalue weighted by Crippen LogP contribution is 2.35. The zero-order valence-electron chi connectivity index (χ0n) is 12.7. The van der Waals surface area contributed by atoms with E-state index in [1.54, 1.807) is 0 Å². The monoisotopic (exact) mass is 368 g/mol. The Morgan fingerprint density at radius 2 is 1.88 bits per heavy atom. The van der Waals surface area contributed by atoms with Crippen LogP contribution >= 0.6 is 11.3 Å². The molecule has 1 aromatic heterocycles. The summed E-state index contributed by atoms with van der Waals surface area (Å²) in [5, 5.41) is 3.18. The standard InChI is InChI=1S/C17H12F4N2OS/c18-12-6-5-9(7-11(12)17(19,20)21)23-15(24)8-14-16(22)10-3-1-2-4-13(10)25-14/h1-7H,8,22H2,(H,23,24). The number of carbonyl (C=O) groups excluding carboxylic acids is 1. The summed E-state index contributed by atoms with van der Waals surface area (Å²) in [6.07, 6.45) is -4.91. The van der Waals surface area contributed by atoms with Crippen LogP contribution in [0.5, 0.6) is 0 Å². The fourth-order valence-electron chi connectivity index (χ4n) is 2.42. The molecule has 0 unspecified atom stereocenters. The molecule has 0 spiro atoms. The summed E-state index contributed by atoms with van der Waals surface area (Å²) < 4.78 is 52.3. The molecule has 0 fully saturated rings. The topological polar surface area (TPSA) is 55.1 Å². The minimum atomic E-state index is -4.83. The van der Waals surface area contributed by atoms with E-state index in [4.69, 9.17) is 5.73 Å². The zero-order valence-corrected chi connectivity index (χ0v) is 13.5. The van der Waals surface area contributed by atoms with Crippen LogP contribution in [0, 0.1) is 5.82 Å². The Bertz CT molecular complexity index is 949. The molecule has 0 aliphatic carbocycles. The molecule has 0 aliphatic heterocycles. The molecule has 3 N–H and O–H groups in total. The van der Waals surface area contributed by atoms with Crippen LogP contribution in [0.1, 0.15) is 10.4 Å². The van der Waals surface area contributed by atoms with Crippen molar-refractivity contribution in [1.29, 1.82) is 0 Å². The van der Waals surface area contributed by atoms with Crippen molar-refractivity contribution in [1.82, 2.24) is 0 Å². The molecule has 1 amide bonds. The van der Waals surface area contributed by atoms with E-state index < -0.39 is 23.5 Å². The molecule has 0 atom stereocenters. The number of anilines is 2. The van der Waals surface area contributed by atoms with Crippen molar-refractivity contribution >= 4 is 38.7 Å². The summed E-state index contributed by atoms with van der Waals surface area (Å²) in [5.74, 6) is -1.92. The summed E-state index contributed by atoms with van der Waals surface area (Å²) in [6, 6.07) is 9.70. The molecule has 130 valence electrons. The van der Waals surface area contributed by atoms with E-state index in [2.05, 4.69) is 5.32 Å². The second kappa shape index (κ2) is 6.36. The number of hydrogen-bond acceptors (Lipinski definition) is 3. The highest BCUT2D eigenvalue weighted by atomic mass is 32.1. The van der Waals surface area contributed by atoms with Crippen LogP contribution in [0.4, 0.5) is 28.9 Å². The van der Waals surface area contributed by atoms with E-state index in [0.717, 1.165) is 16.2 Å². The minimum Gasteiger partial charge on any atom is -0.397 e. The first-order valence-corrected chi connectivity index (χ1v) is 8.00. The van der Waals surface area contributed by atoms with Crippen molar-refractivity contribution in [3.05, 3.63) is 58.7 Å². The molecule has 0 bridgehead atoms. The van der Waals surface area contributed by atoms with Gasteiger partial charge in [-0.3, -0.25) is 4.79 Å². The normalized spacial score (nSPS) is 11.7. The second-order valence-corrected chi connectivity index (χ2v) is 6.49. The molecule has 0 radical (unpaired) electrons. The van der Waals surface area contributed by atoms with Crippen LogP contribution in [0.3, 0.4) is 0 Å². The molecule has 8 heteroatoms. The molecular formula is C17H12F4N2OS. The van der Waals surface area contributed by atoms with Crippen LogP contribution in [-0.4, -0.2) is 5.91 Å². The fraction of sp³-hybridized carbons (Fsp3) is 0.118. The first-order valence-electron chi connectivity index (χ1n) is 7.18. The molecule has 3 nitrogen and oxygen atoms in total. The average molecular weight is 368 g/mol. The molecule has 0 saturated carbocycles. The lowest BCUT2D eigenvalue weighted by Crippen LogP contribution is -2.16. The summed E-state index contributed by atoms with van der Waals surface area (Å²) in [4.78, 5) is 12.7. The third-order valence-corrected chi connectivity index (χ3v) is 4.77. The molecule has 0 saturated heterocycles. The van der Waals surface area contributed by atoms with Crippen LogP contribution in [-0.2, 0) is 17.4 Å². The number of hydrogen-bond donors (Lipinski definition) is 2. The fourth-order valence-corrected chi connectivity index (χ4v) is 3.54. The van der Waals surface area contributed by atoms with Gasteiger partial charge in [-0.1, -0.05) is 18.2 Å². The van der Waals surface area contributed by atoms with Gasteiger partial charge in [-0.15, -0.1) is 11.3 Å². The predicted molar refractivity (Wildman–Crippen MR) is 90.0 cm³/mol. The maximum absolute atomic E-state index is 13.3. The number of carbonyl (C=O) groups is 1. The van der Waals surface area contributed by atoms with Crippen LogP contribution < -0.4 is 11.1 Å². The van der Waals surface area contributed by atoms with E-state index in [9.17, 15) is 22.4 Å². The predicted octanol–water partition coefficient (Wildman–Crippen LogP) is 4.82. The number of fused-ring (bicyclic) bond motifs is 1. The van der Waals surface area contributed by atoms with Gasteiger partial charge in [0.25, 0.3) is 0 Å². The number of halogens is 4. The van der Waals surface area contributed by atoms with Gasteiger partial charge in [0.1, 0.15) is 5.82 Å². The number of benzene rings is 2. The minimum absolute atomic E-state index is 0.0795. The molecular weight excluding hydrogens is 356 g/mol. The van der Waals surface area contributed by atoms with Crippen molar-refractivity contribution < 1.29 is 22.4 Å². The Labute approximate surface area is 144 Å². The number of thiophene rings is 1. The lowest BCUT2D eigenvalue weighted by molar-refractivity contribution is -0.140. The Morgan fingerprint density at radius 3 is 2.56 bits per heavy atom. The molecule has 3 aromatic rings. The van der Waals surface area contributed by atoms with Crippen molar-refractivity contribution in [2.45, 2.75) is 12.6 Å². The van der Waals surface area contributed by atoms with Crippen LogP contribution in [0.15, 0.2) is 42.5 Å². The van der Waals surface area contributed by atoms with E-state index in [-0.39, 0.29) is 12.1 Å². The average Bonchev–Trinajstić information content (AvgIpc) is 2.85. The third kappa shape index (κ3) is 3.58. The van der Waals surface area contributed by atoms with Gasteiger partial charge in [0, 0.05) is 20.7 Å². The van der Waals surface area contributed by atoms with Crippen molar-refractivity contribution in [2.75, 3.05) is 11.1 Å². The van der Waals surface area contributed by atoms with Gasteiger partial charge in [0.15, 0.2) is 0 Å². The zero-order chi connectivity index (χ0) is 18.2. The summed E-state index contributed by atoms with van der Waals surface area (Å²) in [7, 11) is 0. The quantitative estimate of drug-likeness (QED) is 0.651. The lowest BCUT2D eigenvalue weighted by atomic mass is 10.1. The molecule has 2 aromatic carbocycles. The molecule has 25 heavy (non-hydrogen) atoms. The summed E-state index contributed by atoms with van der Waals surface area (Å²) in [5.41, 5.74) is 4.94. The Kier molecular flexibility index (Phi) is 4.38. The van der Waals surface area contributed by atoms with Gasteiger partial charge >= 0.3 is 6.18 Å². The van der Waals surface area contributed by atoms with Gasteiger partial charge in [-0.2, -0.15) is 13.2 Å². The number of nitrogens with one attached hydrogen (secondary N) is 1. The van der Waals surface area contributed by atoms with Crippen LogP contribution in [0.2, 0.25) is 0 Å². The molecule has 3 rings (SSSR count). The number of amides is 1. The van der Waals surface area contributed by atoms with Gasteiger partial charge < -0.3 is 11.1 Å². The van der Waals surface area contributed by atoms with E-state index >= 15 is 0 Å². The van der Waals surface area contributed by atoms with Crippen molar-refractivity contribution in [3.8, 4) is 0 Å². The van der Waals surface area contributed by atoms with Crippen LogP contribution in [0.25, 0.3) is 10.1 Å². The second-order valence-electron chi connectivity index (χ2n) is 5.35. The van der Waals surface area contributed by atoms with Gasteiger partial charge in [0.05, 0.1) is 17.7 Å². The van der Waals surface area contributed by atoms with E-state index in [0.29, 0.717) is 22.7 Å². The lowest BCUT2D eigenvalue weighted by Gasteiger charge is -2.11. The van der Waals surface area contributed by atoms with E-state index in [1.807, 2.05) is 24.3 Å². The van der Waals surface area contributed by atoms with Gasteiger partial charge in [0.2, 0.25) is 5.91 Å². The van der Waals surface area contributed by atoms with E-state index in [1.165, 1.54) is 11.3 Å². The first-order chi connectivity index (χ1) is 11.8. The SMILES string of the molecule is Nc1c(CC(=O)Nc2ccc(F)c(C(F)(F)F)c2)sc2ccccc12. The number of nitrogen functional groups attached to an aromatic ring is 1. The highest BCUT2D eigenvalue weighted by Gasteiger charge is 2.34. The number of rotatable bonds is 3. The van der Waals surface area contributed by atoms with Gasteiger partial charge in [-0.25, -0.2) is 4.39 Å². The smallest absolute Gasteiger partial charge is 0.397 e. The third-order valence-electron chi connectivity index (χ3n) is 3.59. The Balaban J connectivity index is 1.79. The maximum atomic E-state index is 13.3. The summed E-state index contributed by atoms with van der Waals surface area (Å²) in [6.45, 7) is 0. The Morgan fingerprint density at radius 1 is 1.16 bits per heavy atom. The van der Waals surface area contributed by atoms with Crippen molar-refractivity contribution in [2.24, 2.45) is 0 Å². The number of nitrogens with two attached hydrogens (primary N) is 1. The maximum Gasteiger partial charge on any atom is 0.419 e. The summed E-state index contributed by atoms with van der Waals surface area (Å²) >= 11 is 1.35. The largest absolute Gasteiger partial charge is 0.419 e. The first kappa shape index (κ1) is 17.2. The van der Waals surface area contributed by atoms with Crippen molar-refractivity contribution in [3.63, 3.8) is 0 Å². The molecule has 1 heterocycles. The van der Waals surface area contributed by atoms with Gasteiger partial charge in [-0.05, 0) is 24.3 Å². The Hall–Kier alpha value is -2.61. The highest BCUT2D eigenvalue weighted by molar-refractivity contribution is 7.19. The number of alkyl halides is 3.